The molecule has 0 radical (unpaired) electrons. The molecule has 1 amide bonds. The Morgan fingerprint density at radius 3 is 2.74 bits per heavy atom. The number of thioether (sulfide) groups is 1. The number of sulfonamides is 1. The summed E-state index contributed by atoms with van der Waals surface area (Å²) in [5, 5.41) is 5.65. The second kappa shape index (κ2) is 10.1. The highest BCUT2D eigenvalue weighted by molar-refractivity contribution is 7.98. The molecule has 1 aromatic heterocycles. The molecule has 6 nitrogen and oxygen atoms in total. The first-order valence-electron chi connectivity index (χ1n) is 7.88. The number of nitrogens with one attached hydrogen (secondary N) is 2. The third-order valence-electron chi connectivity index (χ3n) is 3.49. The van der Waals surface area contributed by atoms with Gasteiger partial charge in [-0.3, -0.25) is 4.79 Å². The average molecular weight is 468 g/mol. The van der Waals surface area contributed by atoms with E-state index in [9.17, 15) is 13.2 Å². The van der Waals surface area contributed by atoms with Crippen LogP contribution in [0.2, 0.25) is 10.0 Å². The summed E-state index contributed by atoms with van der Waals surface area (Å²) in [6.45, 7) is 2.11. The Bertz CT molecular complexity index is 903. The molecule has 148 valence electrons. The van der Waals surface area contributed by atoms with Gasteiger partial charge in [-0.05, 0) is 43.6 Å². The van der Waals surface area contributed by atoms with Gasteiger partial charge in [0.25, 0.3) is 0 Å². The lowest BCUT2D eigenvalue weighted by atomic mass is 10.2. The molecule has 1 aromatic carbocycles. The summed E-state index contributed by atoms with van der Waals surface area (Å²) in [5.74, 6) is 0.193. The number of hydrogen-bond acceptors (Lipinski definition) is 6. The van der Waals surface area contributed by atoms with Crippen molar-refractivity contribution in [3.05, 3.63) is 44.3 Å². The number of thiazole rings is 1. The quantitative estimate of drug-likeness (QED) is 0.589. The molecule has 1 unspecified atom stereocenters. The normalized spacial score (nSPS) is 12.7. The third-order valence-corrected chi connectivity index (χ3v) is 7.29. The molecule has 1 atom stereocenters. The van der Waals surface area contributed by atoms with Crippen LogP contribution in [0, 0.1) is 6.92 Å². The van der Waals surface area contributed by atoms with Crippen LogP contribution >= 0.6 is 46.3 Å². The number of aromatic nitrogens is 1. The number of hydrogen-bond donors (Lipinski definition) is 2. The van der Waals surface area contributed by atoms with E-state index in [4.69, 9.17) is 23.2 Å². The van der Waals surface area contributed by atoms with Crippen LogP contribution < -0.4 is 10.0 Å². The van der Waals surface area contributed by atoms with Crippen molar-refractivity contribution in [3.8, 4) is 0 Å². The molecule has 2 N–H and O–H groups in total. The number of amides is 1. The van der Waals surface area contributed by atoms with E-state index in [1.165, 1.54) is 41.3 Å². The number of halogens is 2. The highest BCUT2D eigenvalue weighted by atomic mass is 35.5. The summed E-state index contributed by atoms with van der Waals surface area (Å²) in [5.41, 5.74) is 0.875. The van der Waals surface area contributed by atoms with Crippen molar-refractivity contribution in [2.75, 3.05) is 12.0 Å². The lowest BCUT2D eigenvalue weighted by Gasteiger charge is -2.18. The van der Waals surface area contributed by atoms with Crippen LogP contribution in [-0.2, 0) is 21.4 Å². The SMILES string of the molecule is CSCCC(NS(=O)(=O)c1cc(Cl)ccc1Cl)C(=O)NCc1nc(C)cs1. The van der Waals surface area contributed by atoms with Gasteiger partial charge in [0.05, 0.1) is 11.6 Å². The molecule has 0 spiro atoms. The lowest BCUT2D eigenvalue weighted by Crippen LogP contribution is -2.46. The van der Waals surface area contributed by atoms with Gasteiger partial charge >= 0.3 is 0 Å². The van der Waals surface area contributed by atoms with E-state index in [0.29, 0.717) is 12.2 Å². The van der Waals surface area contributed by atoms with Crippen LogP contribution in [0.3, 0.4) is 0 Å². The molecule has 0 aliphatic carbocycles. The Morgan fingerprint density at radius 1 is 1.37 bits per heavy atom. The molecule has 0 saturated heterocycles. The van der Waals surface area contributed by atoms with E-state index in [0.717, 1.165) is 10.7 Å². The van der Waals surface area contributed by atoms with E-state index in [1.54, 1.807) is 0 Å². The van der Waals surface area contributed by atoms with Crippen molar-refractivity contribution in [2.45, 2.75) is 30.8 Å². The topological polar surface area (TPSA) is 88.2 Å². The largest absolute Gasteiger partial charge is 0.348 e. The molecule has 0 bridgehead atoms. The number of nitrogens with zero attached hydrogens (tertiary/aromatic N) is 1. The number of aryl methyl sites for hydroxylation is 1. The zero-order valence-corrected chi connectivity index (χ0v) is 18.6. The highest BCUT2D eigenvalue weighted by Crippen LogP contribution is 2.25. The number of carbonyl (C=O) groups is 1. The van der Waals surface area contributed by atoms with E-state index < -0.39 is 22.0 Å². The van der Waals surface area contributed by atoms with Gasteiger partial charge in [-0.15, -0.1) is 11.3 Å². The number of benzene rings is 1. The third kappa shape index (κ3) is 6.62. The zero-order chi connectivity index (χ0) is 20.0. The fraction of sp³-hybridized carbons (Fsp3) is 0.375. The van der Waals surface area contributed by atoms with Crippen molar-refractivity contribution in [2.24, 2.45) is 0 Å². The van der Waals surface area contributed by atoms with Gasteiger partial charge in [0.2, 0.25) is 15.9 Å². The second-order valence-corrected chi connectivity index (χ2v) is 10.1. The minimum Gasteiger partial charge on any atom is -0.348 e. The van der Waals surface area contributed by atoms with E-state index in [1.807, 2.05) is 18.6 Å². The first-order chi connectivity index (χ1) is 12.7. The van der Waals surface area contributed by atoms with Gasteiger partial charge in [-0.25, -0.2) is 13.4 Å². The minimum absolute atomic E-state index is 0.0363. The molecule has 0 fully saturated rings. The predicted molar refractivity (Wildman–Crippen MR) is 112 cm³/mol. The maximum atomic E-state index is 12.7. The number of rotatable bonds is 9. The Kier molecular flexibility index (Phi) is 8.39. The molecule has 0 saturated carbocycles. The first kappa shape index (κ1) is 22.4. The summed E-state index contributed by atoms with van der Waals surface area (Å²) in [7, 11) is -4.02. The fourth-order valence-electron chi connectivity index (χ4n) is 2.18. The molecule has 0 aliphatic heterocycles. The van der Waals surface area contributed by atoms with Gasteiger partial charge in [0.1, 0.15) is 15.9 Å². The van der Waals surface area contributed by atoms with Crippen molar-refractivity contribution in [1.29, 1.82) is 0 Å². The van der Waals surface area contributed by atoms with Gasteiger partial charge < -0.3 is 5.32 Å². The first-order valence-corrected chi connectivity index (χ1v) is 12.4. The van der Waals surface area contributed by atoms with Gasteiger partial charge in [-0.1, -0.05) is 23.2 Å². The van der Waals surface area contributed by atoms with Crippen LogP contribution in [0.25, 0.3) is 0 Å². The number of carbonyl (C=O) groups excluding carboxylic acids is 1. The standard InChI is InChI=1S/C16H19Cl2N3O3S3/c1-10-9-26-15(20-10)8-19-16(22)13(5-6-25-2)21-27(23,24)14-7-11(17)3-4-12(14)18/h3-4,7,9,13,21H,5-6,8H2,1-2H3,(H,19,22). The maximum absolute atomic E-state index is 12.7. The molecular formula is C16H19Cl2N3O3S3. The smallest absolute Gasteiger partial charge is 0.242 e. The lowest BCUT2D eigenvalue weighted by molar-refractivity contribution is -0.122. The Balaban J connectivity index is 2.14. The Hall–Kier alpha value is -0.840. The summed E-state index contributed by atoms with van der Waals surface area (Å²) in [4.78, 5) is 16.7. The molecular weight excluding hydrogens is 449 g/mol. The summed E-state index contributed by atoms with van der Waals surface area (Å²) in [6.07, 6.45) is 2.22. The summed E-state index contributed by atoms with van der Waals surface area (Å²) < 4.78 is 27.9. The summed E-state index contributed by atoms with van der Waals surface area (Å²) >= 11 is 14.8. The van der Waals surface area contributed by atoms with Crippen LogP contribution in [0.15, 0.2) is 28.5 Å². The average Bonchev–Trinajstić information content (AvgIpc) is 3.03. The summed E-state index contributed by atoms with van der Waals surface area (Å²) in [6, 6.07) is 3.23. The maximum Gasteiger partial charge on any atom is 0.242 e. The van der Waals surface area contributed by atoms with Gasteiger partial charge in [0, 0.05) is 16.1 Å². The monoisotopic (exact) mass is 467 g/mol. The van der Waals surface area contributed by atoms with Crippen molar-refractivity contribution >= 4 is 62.2 Å². The van der Waals surface area contributed by atoms with Crippen molar-refractivity contribution < 1.29 is 13.2 Å². The van der Waals surface area contributed by atoms with Crippen LogP contribution in [0.4, 0.5) is 0 Å². The zero-order valence-electron chi connectivity index (χ0n) is 14.7. The van der Waals surface area contributed by atoms with Crippen LogP contribution in [0.1, 0.15) is 17.1 Å². The van der Waals surface area contributed by atoms with E-state index in [-0.39, 0.29) is 21.5 Å². The molecule has 1 heterocycles. The minimum atomic E-state index is -4.02. The predicted octanol–water partition coefficient (Wildman–Crippen LogP) is 3.47. The fourth-order valence-corrected chi connectivity index (χ4v) is 5.36. The molecule has 2 rings (SSSR count). The van der Waals surface area contributed by atoms with Gasteiger partial charge in [-0.2, -0.15) is 16.5 Å². The Morgan fingerprint density at radius 2 is 2.11 bits per heavy atom. The van der Waals surface area contributed by atoms with Crippen LogP contribution in [-0.4, -0.2) is 37.4 Å². The Labute approximate surface area is 177 Å². The van der Waals surface area contributed by atoms with E-state index >= 15 is 0 Å². The molecule has 0 aliphatic rings. The molecule has 11 heteroatoms. The van der Waals surface area contributed by atoms with E-state index in [2.05, 4.69) is 15.0 Å². The molecule has 2 aromatic rings. The van der Waals surface area contributed by atoms with Crippen molar-refractivity contribution in [3.63, 3.8) is 0 Å². The van der Waals surface area contributed by atoms with Crippen molar-refractivity contribution in [1.82, 2.24) is 15.0 Å². The highest BCUT2D eigenvalue weighted by Gasteiger charge is 2.27. The second-order valence-electron chi connectivity index (χ2n) is 5.63. The van der Waals surface area contributed by atoms with Gasteiger partial charge in [0.15, 0.2) is 0 Å². The molecule has 27 heavy (non-hydrogen) atoms. The van der Waals surface area contributed by atoms with Crippen LogP contribution in [0.5, 0.6) is 0 Å².